The Labute approximate surface area is 156 Å². The van der Waals surface area contributed by atoms with E-state index in [1.807, 2.05) is 0 Å². The highest BCUT2D eigenvalue weighted by molar-refractivity contribution is 7.07. The van der Waals surface area contributed by atoms with Crippen LogP contribution in [0.2, 0.25) is 5.02 Å². The van der Waals surface area contributed by atoms with Crippen LogP contribution in [0.15, 0.2) is 53.3 Å². The number of hydrogen-bond donors (Lipinski definition) is 0. The lowest BCUT2D eigenvalue weighted by Gasteiger charge is -2.02. The van der Waals surface area contributed by atoms with Crippen LogP contribution in [0.5, 0.6) is 0 Å². The summed E-state index contributed by atoms with van der Waals surface area (Å²) in [6.07, 6.45) is 1.40. The molecule has 0 amide bonds. The first-order valence-corrected chi connectivity index (χ1v) is 8.53. The van der Waals surface area contributed by atoms with Crippen LogP contribution < -0.4 is 14.8 Å². The second-order valence-electron chi connectivity index (χ2n) is 5.16. The molecule has 2 aromatic carbocycles. The van der Waals surface area contributed by atoms with Crippen LogP contribution in [0, 0.1) is 28.5 Å². The van der Waals surface area contributed by atoms with Crippen LogP contribution in [0.25, 0.3) is 17.3 Å². The highest BCUT2D eigenvalue weighted by Crippen LogP contribution is 2.13. The molecule has 1 aromatic heterocycles. The third-order valence-corrected chi connectivity index (χ3v) is 4.85. The van der Waals surface area contributed by atoms with E-state index in [1.165, 1.54) is 22.8 Å². The number of benzene rings is 2. The topological polar surface area (TPSA) is 69.6 Å². The number of nitrogens with zero attached hydrogens (tertiary/aromatic N) is 3. The third-order valence-electron chi connectivity index (χ3n) is 3.52. The minimum Gasteiger partial charge on any atom is -0.267 e. The molecule has 0 aliphatic rings. The number of halogens is 2. The summed E-state index contributed by atoms with van der Waals surface area (Å²) in [6.45, 7) is 0. The van der Waals surface area contributed by atoms with Gasteiger partial charge in [-0.3, -0.25) is 9.36 Å². The zero-order valence-corrected chi connectivity index (χ0v) is 14.7. The lowest BCUT2D eigenvalue weighted by atomic mass is 10.2. The van der Waals surface area contributed by atoms with Gasteiger partial charge in [-0.1, -0.05) is 35.9 Å². The first-order valence-electron chi connectivity index (χ1n) is 7.33. The molecule has 0 atom stereocenters. The predicted molar refractivity (Wildman–Crippen MR) is 98.8 cm³/mol. The van der Waals surface area contributed by atoms with Crippen molar-refractivity contribution in [2.75, 3.05) is 0 Å². The summed E-state index contributed by atoms with van der Waals surface area (Å²) in [6, 6.07) is 16.1. The van der Waals surface area contributed by atoms with Gasteiger partial charge in [0.25, 0.3) is 5.56 Å². The van der Waals surface area contributed by atoms with Gasteiger partial charge in [-0.15, -0.1) is 11.3 Å². The van der Waals surface area contributed by atoms with Crippen molar-refractivity contribution in [3.05, 3.63) is 84.5 Å². The number of thiazole rings is 1. The zero-order chi connectivity index (χ0) is 18.7. The molecule has 0 bridgehead atoms. The fourth-order valence-corrected chi connectivity index (χ4v) is 3.58. The Hall–Kier alpha value is -3.19. The summed E-state index contributed by atoms with van der Waals surface area (Å²) in [7, 11) is 0. The molecule has 3 rings (SSSR count). The molecule has 4 nitrogen and oxygen atoms in total. The Morgan fingerprint density at radius 3 is 2.54 bits per heavy atom. The van der Waals surface area contributed by atoms with Crippen LogP contribution in [0.1, 0.15) is 5.56 Å². The van der Waals surface area contributed by atoms with Crippen LogP contribution >= 0.6 is 22.9 Å². The molecular formula is C19H9ClFN3OS. The maximum atomic E-state index is 13.9. The van der Waals surface area contributed by atoms with Crippen LogP contribution in [-0.2, 0) is 0 Å². The van der Waals surface area contributed by atoms with E-state index in [1.54, 1.807) is 48.5 Å². The summed E-state index contributed by atoms with van der Waals surface area (Å²) in [5.74, 6) is -0.471. The van der Waals surface area contributed by atoms with Crippen molar-refractivity contribution < 1.29 is 4.39 Å². The normalized spacial score (nSPS) is 11.0. The molecule has 0 spiro atoms. The molecule has 0 fully saturated rings. The molecule has 0 aliphatic carbocycles. The van der Waals surface area contributed by atoms with Gasteiger partial charge in [0.1, 0.15) is 22.6 Å². The van der Waals surface area contributed by atoms with Crippen molar-refractivity contribution in [2.45, 2.75) is 0 Å². The van der Waals surface area contributed by atoms with Crippen molar-refractivity contribution in [2.24, 2.45) is 0 Å². The minimum absolute atomic E-state index is 0.171. The standard InChI is InChI=1S/C19H9ClFN3OS/c20-14-5-3-6-15(9-14)24-18(25)17(26-19(24)13(10-22)11-23)8-12-4-1-2-7-16(12)21/h1-9H/b17-8-. The molecular weight excluding hydrogens is 373 g/mol. The highest BCUT2D eigenvalue weighted by Gasteiger charge is 2.12. The van der Waals surface area contributed by atoms with Gasteiger partial charge in [0, 0.05) is 10.6 Å². The molecule has 26 heavy (non-hydrogen) atoms. The molecule has 0 N–H and O–H groups in total. The van der Waals surface area contributed by atoms with Crippen molar-refractivity contribution in [3.8, 4) is 17.8 Å². The number of nitriles is 2. The lowest BCUT2D eigenvalue weighted by Crippen LogP contribution is -2.30. The van der Waals surface area contributed by atoms with Crippen LogP contribution in [-0.4, -0.2) is 4.57 Å². The average Bonchev–Trinajstić information content (AvgIpc) is 2.94. The Balaban J connectivity index is 2.43. The Morgan fingerprint density at radius 2 is 1.88 bits per heavy atom. The summed E-state index contributed by atoms with van der Waals surface area (Å²) in [5, 5.41) is 18.9. The quantitative estimate of drug-likeness (QED) is 0.685. The smallest absolute Gasteiger partial charge is 0.267 e. The van der Waals surface area contributed by atoms with E-state index in [-0.39, 0.29) is 20.3 Å². The number of aromatic nitrogens is 1. The van der Waals surface area contributed by atoms with Gasteiger partial charge >= 0.3 is 0 Å². The Bertz CT molecular complexity index is 1250. The van der Waals surface area contributed by atoms with E-state index in [0.717, 1.165) is 11.3 Å². The summed E-state index contributed by atoms with van der Waals surface area (Å²) >= 11 is 6.95. The molecule has 3 aromatic rings. The monoisotopic (exact) mass is 381 g/mol. The Kier molecular flexibility index (Phi) is 4.99. The summed E-state index contributed by atoms with van der Waals surface area (Å²) in [5.41, 5.74) is -0.00479. The van der Waals surface area contributed by atoms with Gasteiger partial charge in [0.05, 0.1) is 10.2 Å². The fourth-order valence-electron chi connectivity index (χ4n) is 2.35. The second kappa shape index (κ2) is 7.37. The molecule has 7 heteroatoms. The van der Waals surface area contributed by atoms with Crippen LogP contribution in [0.4, 0.5) is 4.39 Å². The van der Waals surface area contributed by atoms with Crippen molar-refractivity contribution in [1.82, 2.24) is 4.57 Å². The van der Waals surface area contributed by atoms with E-state index in [9.17, 15) is 19.7 Å². The first kappa shape index (κ1) is 17.6. The Morgan fingerprint density at radius 1 is 1.15 bits per heavy atom. The van der Waals surface area contributed by atoms with Gasteiger partial charge in [-0.25, -0.2) is 4.39 Å². The SMILES string of the molecule is N#CC(C#N)=c1s/c(=C\c2ccccc2F)c(=O)n1-c1cccc(Cl)c1. The molecule has 0 radical (unpaired) electrons. The molecule has 1 heterocycles. The number of rotatable bonds is 2. The molecule has 0 saturated heterocycles. The van der Waals surface area contributed by atoms with E-state index >= 15 is 0 Å². The fraction of sp³-hybridized carbons (Fsp3) is 0. The third kappa shape index (κ3) is 3.29. The lowest BCUT2D eigenvalue weighted by molar-refractivity contribution is 0.625. The van der Waals surface area contributed by atoms with E-state index in [2.05, 4.69) is 0 Å². The number of hydrogen-bond acceptors (Lipinski definition) is 4. The summed E-state index contributed by atoms with van der Waals surface area (Å²) < 4.78 is 15.5. The van der Waals surface area contributed by atoms with Gasteiger partial charge in [-0.2, -0.15) is 10.5 Å². The van der Waals surface area contributed by atoms with Crippen molar-refractivity contribution in [1.29, 1.82) is 10.5 Å². The van der Waals surface area contributed by atoms with Crippen LogP contribution in [0.3, 0.4) is 0 Å². The maximum absolute atomic E-state index is 13.9. The first-order chi connectivity index (χ1) is 12.5. The summed E-state index contributed by atoms with van der Waals surface area (Å²) in [4.78, 5) is 12.9. The van der Waals surface area contributed by atoms with Crippen molar-refractivity contribution in [3.63, 3.8) is 0 Å². The van der Waals surface area contributed by atoms with Gasteiger partial charge in [-0.05, 0) is 30.3 Å². The van der Waals surface area contributed by atoms with Crippen molar-refractivity contribution >= 4 is 34.6 Å². The molecule has 0 saturated carbocycles. The van der Waals surface area contributed by atoms with Gasteiger partial charge in [0.15, 0.2) is 5.57 Å². The zero-order valence-electron chi connectivity index (χ0n) is 13.1. The minimum atomic E-state index is -0.471. The van der Waals surface area contributed by atoms with E-state index in [4.69, 9.17) is 11.6 Å². The molecule has 126 valence electrons. The predicted octanol–water partition coefficient (Wildman–Crippen LogP) is 2.72. The molecule has 0 aliphatic heterocycles. The average molecular weight is 382 g/mol. The van der Waals surface area contributed by atoms with Gasteiger partial charge < -0.3 is 0 Å². The second-order valence-corrected chi connectivity index (χ2v) is 6.62. The van der Waals surface area contributed by atoms with E-state index < -0.39 is 11.4 Å². The largest absolute Gasteiger partial charge is 0.273 e. The highest BCUT2D eigenvalue weighted by atomic mass is 35.5. The molecule has 0 unspecified atom stereocenters. The maximum Gasteiger partial charge on any atom is 0.273 e. The van der Waals surface area contributed by atoms with Gasteiger partial charge in [0.2, 0.25) is 0 Å². The van der Waals surface area contributed by atoms with E-state index in [0.29, 0.717) is 10.7 Å².